The summed E-state index contributed by atoms with van der Waals surface area (Å²) in [5, 5.41) is 6.10. The average molecular weight is 743 g/mol. The number of hydrogen-bond acceptors (Lipinski definition) is 8. The van der Waals surface area contributed by atoms with Crippen molar-refractivity contribution in [3.05, 3.63) is 35.9 Å². The lowest BCUT2D eigenvalue weighted by Crippen LogP contribution is -2.55. The van der Waals surface area contributed by atoms with Gasteiger partial charge in [-0.15, -0.1) is 0 Å². The second kappa shape index (κ2) is 22.3. The van der Waals surface area contributed by atoms with Crippen molar-refractivity contribution in [2.75, 3.05) is 34.9 Å². The second-order valence-electron chi connectivity index (χ2n) is 15.7. The van der Waals surface area contributed by atoms with E-state index in [1.807, 2.05) is 58.0 Å². The minimum Gasteiger partial charge on any atom is -0.379 e. The number of amides is 3. The Morgan fingerprint density at radius 3 is 2.06 bits per heavy atom. The fourth-order valence-electron chi connectivity index (χ4n) is 8.03. The van der Waals surface area contributed by atoms with Crippen LogP contribution < -0.4 is 10.6 Å². The van der Waals surface area contributed by atoms with E-state index >= 15 is 0 Å². The number of carbonyl (C=O) groups is 5. The normalized spacial score (nSPS) is 19.2. The van der Waals surface area contributed by atoms with Gasteiger partial charge in [-0.2, -0.15) is 0 Å². The van der Waals surface area contributed by atoms with E-state index in [4.69, 9.17) is 9.47 Å². The molecule has 0 aromatic heterocycles. The van der Waals surface area contributed by atoms with Crippen molar-refractivity contribution in [1.29, 1.82) is 0 Å². The van der Waals surface area contributed by atoms with Gasteiger partial charge in [0.1, 0.15) is 0 Å². The molecule has 3 amide bonds. The zero-order valence-corrected chi connectivity index (χ0v) is 34.6. The Labute approximate surface area is 319 Å². The molecule has 0 bridgehead atoms. The maximum absolute atomic E-state index is 14.2. The van der Waals surface area contributed by atoms with Gasteiger partial charge in [-0.25, -0.2) is 0 Å². The van der Waals surface area contributed by atoms with E-state index in [1.165, 1.54) is 0 Å². The zero-order chi connectivity index (χ0) is 40.0. The lowest BCUT2D eigenvalue weighted by molar-refractivity contribution is -0.149. The molecule has 1 aromatic carbocycles. The van der Waals surface area contributed by atoms with E-state index in [9.17, 15) is 24.0 Å². The van der Waals surface area contributed by atoms with Gasteiger partial charge in [0.15, 0.2) is 11.6 Å². The molecule has 2 unspecified atom stereocenters. The lowest BCUT2D eigenvalue weighted by atomic mass is 9.84. The van der Waals surface area contributed by atoms with Gasteiger partial charge in [-0.05, 0) is 49.6 Å². The monoisotopic (exact) mass is 743 g/mol. The summed E-state index contributed by atoms with van der Waals surface area (Å²) < 4.78 is 12.0. The van der Waals surface area contributed by atoms with Crippen LogP contribution in [0.5, 0.6) is 0 Å². The number of Topliss-reactive ketones (excluding diaryl/α,β-unsaturated/α-hetero) is 2. The number of ether oxygens (including phenoxy) is 2. The van der Waals surface area contributed by atoms with Gasteiger partial charge < -0.3 is 29.9 Å². The first-order valence-corrected chi connectivity index (χ1v) is 19.8. The van der Waals surface area contributed by atoms with E-state index in [0.29, 0.717) is 25.8 Å². The minimum absolute atomic E-state index is 0.00501. The molecule has 1 aliphatic rings. The van der Waals surface area contributed by atoms with E-state index in [-0.39, 0.29) is 72.0 Å². The van der Waals surface area contributed by atoms with Crippen molar-refractivity contribution in [3.63, 3.8) is 0 Å². The number of hydrogen-bond donors (Lipinski definition) is 2. The second-order valence-corrected chi connectivity index (χ2v) is 15.7. The smallest absolute Gasteiger partial charge is 0.226 e. The molecule has 1 aliphatic heterocycles. The lowest BCUT2D eigenvalue weighted by Gasteiger charge is -2.41. The first kappa shape index (κ1) is 46.0. The van der Waals surface area contributed by atoms with E-state index in [0.717, 1.165) is 18.4 Å². The molecule has 1 saturated heterocycles. The van der Waals surface area contributed by atoms with Gasteiger partial charge in [0.2, 0.25) is 17.7 Å². The number of rotatable bonds is 23. The third kappa shape index (κ3) is 12.4. The molecule has 0 aliphatic carbocycles. The molecule has 1 aromatic rings. The Morgan fingerprint density at radius 2 is 1.55 bits per heavy atom. The molecule has 11 heteroatoms. The largest absolute Gasteiger partial charge is 0.379 e. The zero-order valence-electron chi connectivity index (χ0n) is 34.6. The Balaban J connectivity index is 2.27. The van der Waals surface area contributed by atoms with Crippen molar-refractivity contribution < 1.29 is 33.4 Å². The number of likely N-dealkylation sites (N-methyl/N-ethyl adjacent to an activating group) is 2. The molecule has 2 rings (SSSR count). The summed E-state index contributed by atoms with van der Waals surface area (Å²) in [5.74, 6) is -1.70. The molecule has 11 nitrogen and oxygen atoms in total. The third-order valence-electron chi connectivity index (χ3n) is 11.5. The summed E-state index contributed by atoms with van der Waals surface area (Å²) in [6.45, 7) is 16.1. The number of carbonyl (C=O) groups excluding carboxylic acids is 5. The number of benzene rings is 1. The topological polar surface area (TPSA) is 134 Å². The first-order chi connectivity index (χ1) is 25.1. The molecule has 300 valence electrons. The van der Waals surface area contributed by atoms with Gasteiger partial charge in [-0.3, -0.25) is 24.0 Å². The molecular formula is C42H70N4O7. The fourth-order valence-corrected chi connectivity index (χ4v) is 8.03. The quantitative estimate of drug-likeness (QED) is 0.159. The average Bonchev–Trinajstić information content (AvgIpc) is 3.62. The standard InChI is InChI=1S/C42H70N4O7/c1-13-28(7)39(45(10)42(51)31(26(3)4)24-35(48)38(43-9)27(5)6)36(52-11)25-37(49)46-22-18-21-33(46)40(53-12)29(8)41(50)44-32(34(47)14-2)23-30-19-16-15-17-20-30/h15-17,19-20,26-29,31-33,36,38-40,43H,13-14,18,21-25H2,1-12H3,(H,44,50)/t28?,29-,31+,32?,33+,36-,38+,39+,40-/m1/s1. The van der Waals surface area contributed by atoms with E-state index in [2.05, 4.69) is 24.5 Å². The summed E-state index contributed by atoms with van der Waals surface area (Å²) in [6, 6.07) is 7.85. The SMILES string of the molecule is CCC(=O)C(Cc1ccccc1)NC(=O)[C@H](C)[C@@H](OC)[C@@H]1CCCN1C(=O)C[C@@H](OC)[C@H](C(C)CC)N(C)C(=O)[C@@H](CC(=O)[C@@H](NC)C(C)C)C(C)C. The highest BCUT2D eigenvalue weighted by atomic mass is 16.5. The summed E-state index contributed by atoms with van der Waals surface area (Å²) in [6.07, 6.45) is 1.86. The van der Waals surface area contributed by atoms with Crippen LogP contribution in [0.4, 0.5) is 0 Å². The van der Waals surface area contributed by atoms with Crippen LogP contribution in [0.1, 0.15) is 99.5 Å². The fraction of sp³-hybridized carbons (Fsp3) is 0.738. The maximum atomic E-state index is 14.2. The molecular weight excluding hydrogens is 672 g/mol. The summed E-state index contributed by atoms with van der Waals surface area (Å²) in [4.78, 5) is 71.8. The molecule has 53 heavy (non-hydrogen) atoms. The van der Waals surface area contributed by atoms with Gasteiger partial charge in [-0.1, -0.05) is 92.1 Å². The predicted molar refractivity (Wildman–Crippen MR) is 209 cm³/mol. The van der Waals surface area contributed by atoms with E-state index in [1.54, 1.807) is 52.0 Å². The highest BCUT2D eigenvalue weighted by molar-refractivity contribution is 5.91. The van der Waals surface area contributed by atoms with Crippen LogP contribution in [0.2, 0.25) is 0 Å². The highest BCUT2D eigenvalue weighted by Gasteiger charge is 2.43. The van der Waals surface area contributed by atoms with Crippen molar-refractivity contribution in [1.82, 2.24) is 20.4 Å². The van der Waals surface area contributed by atoms with Crippen LogP contribution in [-0.4, -0.2) is 110 Å². The van der Waals surface area contributed by atoms with Gasteiger partial charge in [0, 0.05) is 46.6 Å². The van der Waals surface area contributed by atoms with Gasteiger partial charge in [0.25, 0.3) is 0 Å². The summed E-state index contributed by atoms with van der Waals surface area (Å²) in [5.41, 5.74) is 0.959. The van der Waals surface area contributed by atoms with Crippen LogP contribution in [0.3, 0.4) is 0 Å². The Hall–Kier alpha value is -3.15. The van der Waals surface area contributed by atoms with Crippen LogP contribution in [0, 0.1) is 29.6 Å². The molecule has 9 atom stereocenters. The Morgan fingerprint density at radius 1 is 0.906 bits per heavy atom. The van der Waals surface area contributed by atoms with Crippen LogP contribution in [-0.2, 0) is 39.9 Å². The van der Waals surface area contributed by atoms with Crippen LogP contribution in [0.15, 0.2) is 30.3 Å². The number of likely N-dealkylation sites (tertiary alicyclic amines) is 1. The maximum Gasteiger partial charge on any atom is 0.226 e. The Kier molecular flexibility index (Phi) is 19.3. The summed E-state index contributed by atoms with van der Waals surface area (Å²) >= 11 is 0. The van der Waals surface area contributed by atoms with Crippen molar-refractivity contribution in [2.24, 2.45) is 29.6 Å². The Bertz CT molecular complexity index is 1320. The molecule has 2 N–H and O–H groups in total. The molecule has 1 heterocycles. The molecule has 0 spiro atoms. The van der Waals surface area contributed by atoms with E-state index < -0.39 is 36.1 Å². The number of ketones is 2. The number of methoxy groups -OCH3 is 2. The van der Waals surface area contributed by atoms with Crippen LogP contribution in [0.25, 0.3) is 0 Å². The minimum atomic E-state index is -0.663. The number of nitrogens with zero attached hydrogens (tertiary/aromatic N) is 2. The third-order valence-corrected chi connectivity index (χ3v) is 11.5. The molecule has 0 radical (unpaired) electrons. The van der Waals surface area contributed by atoms with Crippen molar-refractivity contribution >= 4 is 29.3 Å². The van der Waals surface area contributed by atoms with Crippen molar-refractivity contribution in [3.8, 4) is 0 Å². The van der Waals surface area contributed by atoms with Crippen molar-refractivity contribution in [2.45, 2.75) is 137 Å². The van der Waals surface area contributed by atoms with Gasteiger partial charge >= 0.3 is 0 Å². The first-order valence-electron chi connectivity index (χ1n) is 19.8. The van der Waals surface area contributed by atoms with Crippen LogP contribution >= 0.6 is 0 Å². The predicted octanol–water partition coefficient (Wildman–Crippen LogP) is 5.09. The highest BCUT2D eigenvalue weighted by Crippen LogP contribution is 2.31. The number of nitrogens with one attached hydrogen (secondary N) is 2. The molecule has 1 fully saturated rings. The van der Waals surface area contributed by atoms with Gasteiger partial charge in [0.05, 0.1) is 48.7 Å². The molecule has 0 saturated carbocycles. The summed E-state index contributed by atoms with van der Waals surface area (Å²) in [7, 11) is 6.67.